The molecule has 8 heteroatoms. The van der Waals surface area contributed by atoms with Gasteiger partial charge in [-0.25, -0.2) is 9.18 Å². The standard InChI is InChI=1S/C17H19F4NO3/c1-16(2,3)25-15(24)22-8-4-5-13(23)14(22)11-7-6-10(9-12(11)18)17(19,20)21/h6-7,9,14H,4-5,8H2,1-3H3. The van der Waals surface area contributed by atoms with Crippen molar-refractivity contribution in [1.29, 1.82) is 0 Å². The van der Waals surface area contributed by atoms with E-state index in [9.17, 15) is 27.2 Å². The quantitative estimate of drug-likeness (QED) is 0.693. The number of ketones is 1. The van der Waals surface area contributed by atoms with Crippen molar-refractivity contribution in [2.75, 3.05) is 6.54 Å². The number of hydrogen-bond acceptors (Lipinski definition) is 3. The molecule has 25 heavy (non-hydrogen) atoms. The lowest BCUT2D eigenvalue weighted by Crippen LogP contribution is -2.45. The molecule has 1 aromatic carbocycles. The molecule has 1 fully saturated rings. The third kappa shape index (κ3) is 4.49. The predicted octanol–water partition coefficient (Wildman–Crippen LogP) is 4.49. The molecule has 1 unspecified atom stereocenters. The molecule has 138 valence electrons. The van der Waals surface area contributed by atoms with Gasteiger partial charge in [0.2, 0.25) is 0 Å². The second-order valence-corrected chi connectivity index (χ2v) is 6.88. The van der Waals surface area contributed by atoms with Crippen LogP contribution in [0.2, 0.25) is 0 Å². The Hall–Kier alpha value is -2.12. The Balaban J connectivity index is 2.39. The molecule has 0 aliphatic carbocycles. The van der Waals surface area contributed by atoms with E-state index in [-0.39, 0.29) is 18.5 Å². The number of rotatable bonds is 1. The fraction of sp³-hybridized carbons (Fsp3) is 0.529. The van der Waals surface area contributed by atoms with Crippen LogP contribution >= 0.6 is 0 Å². The zero-order valence-corrected chi connectivity index (χ0v) is 14.1. The highest BCUT2D eigenvalue weighted by molar-refractivity contribution is 5.89. The topological polar surface area (TPSA) is 46.6 Å². The normalized spacial score (nSPS) is 19.1. The smallest absolute Gasteiger partial charge is 0.416 e. The number of benzene rings is 1. The zero-order chi connectivity index (χ0) is 19.0. The monoisotopic (exact) mass is 361 g/mol. The number of amides is 1. The number of halogens is 4. The van der Waals surface area contributed by atoms with Gasteiger partial charge in [0.1, 0.15) is 17.5 Å². The summed E-state index contributed by atoms with van der Waals surface area (Å²) in [6, 6.07) is 0.660. The molecule has 1 heterocycles. The van der Waals surface area contributed by atoms with Gasteiger partial charge in [-0.1, -0.05) is 6.07 Å². The first-order chi connectivity index (χ1) is 11.4. The zero-order valence-electron chi connectivity index (χ0n) is 14.1. The van der Waals surface area contributed by atoms with Crippen molar-refractivity contribution >= 4 is 11.9 Å². The van der Waals surface area contributed by atoms with Crippen molar-refractivity contribution in [3.8, 4) is 0 Å². The van der Waals surface area contributed by atoms with E-state index in [1.54, 1.807) is 20.8 Å². The van der Waals surface area contributed by atoms with Crippen LogP contribution in [0, 0.1) is 5.82 Å². The highest BCUT2D eigenvalue weighted by Crippen LogP contribution is 2.35. The summed E-state index contributed by atoms with van der Waals surface area (Å²) in [5.41, 5.74) is -2.23. The van der Waals surface area contributed by atoms with Crippen LogP contribution in [0.5, 0.6) is 0 Å². The molecule has 1 amide bonds. The minimum absolute atomic E-state index is 0.116. The number of carbonyl (C=O) groups is 2. The van der Waals surface area contributed by atoms with Crippen molar-refractivity contribution in [2.24, 2.45) is 0 Å². The largest absolute Gasteiger partial charge is 0.444 e. The van der Waals surface area contributed by atoms with Crippen LogP contribution in [-0.2, 0) is 15.7 Å². The molecule has 0 aromatic heterocycles. The summed E-state index contributed by atoms with van der Waals surface area (Å²) in [6.45, 7) is 5.09. The summed E-state index contributed by atoms with van der Waals surface area (Å²) in [6.07, 6.45) is -4.99. The van der Waals surface area contributed by atoms with Crippen molar-refractivity contribution < 1.29 is 31.9 Å². The lowest BCUT2D eigenvalue weighted by Gasteiger charge is -2.36. The van der Waals surface area contributed by atoms with Crippen LogP contribution in [0.3, 0.4) is 0 Å². The highest BCUT2D eigenvalue weighted by Gasteiger charge is 2.39. The number of Topliss-reactive ketones (excluding diaryl/α,β-unsaturated/α-hetero) is 1. The van der Waals surface area contributed by atoms with Gasteiger partial charge < -0.3 is 4.74 Å². The first kappa shape index (κ1) is 19.2. The fourth-order valence-corrected chi connectivity index (χ4v) is 2.65. The number of nitrogens with zero attached hydrogens (tertiary/aromatic N) is 1. The average molecular weight is 361 g/mol. The molecular weight excluding hydrogens is 342 g/mol. The van der Waals surface area contributed by atoms with Gasteiger partial charge in [-0.15, -0.1) is 0 Å². The van der Waals surface area contributed by atoms with Crippen molar-refractivity contribution in [2.45, 2.75) is 51.4 Å². The van der Waals surface area contributed by atoms with Crippen LogP contribution in [0.4, 0.5) is 22.4 Å². The Labute approximate surface area is 142 Å². The van der Waals surface area contributed by atoms with Crippen molar-refractivity contribution in [3.05, 3.63) is 35.1 Å². The Bertz CT molecular complexity index is 679. The van der Waals surface area contributed by atoms with Crippen molar-refractivity contribution in [3.63, 3.8) is 0 Å². The van der Waals surface area contributed by atoms with Crippen LogP contribution in [0.25, 0.3) is 0 Å². The SMILES string of the molecule is CC(C)(C)OC(=O)N1CCCC(=O)C1c1ccc(C(F)(F)F)cc1F. The van der Waals surface area contributed by atoms with E-state index >= 15 is 0 Å². The number of carbonyl (C=O) groups excluding carboxylic acids is 2. The molecular formula is C17H19F4NO3. The molecule has 0 N–H and O–H groups in total. The van der Waals surface area contributed by atoms with Gasteiger partial charge in [0.25, 0.3) is 0 Å². The van der Waals surface area contributed by atoms with E-state index in [1.807, 2.05) is 0 Å². The highest BCUT2D eigenvalue weighted by atomic mass is 19.4. The summed E-state index contributed by atoms with van der Waals surface area (Å²) < 4.78 is 57.6. The fourth-order valence-electron chi connectivity index (χ4n) is 2.65. The van der Waals surface area contributed by atoms with Crippen LogP contribution in [0.15, 0.2) is 18.2 Å². The van der Waals surface area contributed by atoms with Crippen LogP contribution in [-0.4, -0.2) is 28.9 Å². The molecule has 1 aromatic rings. The Morgan fingerprint density at radius 2 is 1.88 bits per heavy atom. The minimum Gasteiger partial charge on any atom is -0.444 e. The summed E-state index contributed by atoms with van der Waals surface area (Å²) in [7, 11) is 0. The number of hydrogen-bond donors (Lipinski definition) is 0. The van der Waals surface area contributed by atoms with Crippen LogP contribution in [0.1, 0.15) is 50.8 Å². The van der Waals surface area contributed by atoms with Gasteiger partial charge in [-0.2, -0.15) is 13.2 Å². The maximum absolute atomic E-state index is 14.3. The molecule has 1 saturated heterocycles. The van der Waals surface area contributed by atoms with E-state index in [0.717, 1.165) is 11.0 Å². The van der Waals surface area contributed by atoms with Gasteiger partial charge in [-0.05, 0) is 39.3 Å². The number of piperidine rings is 1. The first-order valence-electron chi connectivity index (χ1n) is 7.79. The lowest BCUT2D eigenvalue weighted by molar-refractivity contribution is -0.137. The van der Waals surface area contributed by atoms with Gasteiger partial charge in [0.15, 0.2) is 5.78 Å². The maximum atomic E-state index is 14.3. The third-order valence-electron chi connectivity index (χ3n) is 3.69. The maximum Gasteiger partial charge on any atom is 0.416 e. The van der Waals surface area contributed by atoms with E-state index in [4.69, 9.17) is 4.74 Å². The third-order valence-corrected chi connectivity index (χ3v) is 3.69. The second-order valence-electron chi connectivity index (χ2n) is 6.88. The molecule has 2 rings (SSSR count). The van der Waals surface area contributed by atoms with E-state index in [1.165, 1.54) is 0 Å². The average Bonchev–Trinajstić information content (AvgIpc) is 2.44. The van der Waals surface area contributed by atoms with E-state index in [0.29, 0.717) is 18.6 Å². The summed E-state index contributed by atoms with van der Waals surface area (Å²) in [4.78, 5) is 25.7. The predicted molar refractivity (Wildman–Crippen MR) is 81.3 cm³/mol. The molecule has 4 nitrogen and oxygen atoms in total. The molecule has 1 aliphatic heterocycles. The van der Waals surface area contributed by atoms with Gasteiger partial charge in [0.05, 0.1) is 5.56 Å². The Morgan fingerprint density at radius 1 is 1.24 bits per heavy atom. The van der Waals surface area contributed by atoms with Gasteiger partial charge >= 0.3 is 12.3 Å². The molecule has 0 radical (unpaired) electrons. The molecule has 0 saturated carbocycles. The number of alkyl halides is 3. The number of ether oxygens (including phenoxy) is 1. The van der Waals surface area contributed by atoms with Crippen molar-refractivity contribution in [1.82, 2.24) is 4.90 Å². The number of likely N-dealkylation sites (tertiary alicyclic amines) is 1. The van der Waals surface area contributed by atoms with E-state index in [2.05, 4.69) is 0 Å². The summed E-state index contributed by atoms with van der Waals surface area (Å²) >= 11 is 0. The minimum atomic E-state index is -4.69. The van der Waals surface area contributed by atoms with Crippen LogP contribution < -0.4 is 0 Å². The Kier molecular flexibility index (Phi) is 5.11. The first-order valence-corrected chi connectivity index (χ1v) is 7.79. The second kappa shape index (κ2) is 6.65. The summed E-state index contributed by atoms with van der Waals surface area (Å²) in [5.74, 6) is -1.61. The molecule has 1 aliphatic rings. The summed E-state index contributed by atoms with van der Waals surface area (Å²) in [5, 5.41) is 0. The lowest BCUT2D eigenvalue weighted by atomic mass is 9.93. The Morgan fingerprint density at radius 3 is 2.40 bits per heavy atom. The van der Waals surface area contributed by atoms with Gasteiger partial charge in [0, 0.05) is 18.5 Å². The van der Waals surface area contributed by atoms with E-state index < -0.39 is 41.1 Å². The molecule has 0 bridgehead atoms. The molecule has 1 atom stereocenters. The molecule has 0 spiro atoms. The van der Waals surface area contributed by atoms with Gasteiger partial charge in [-0.3, -0.25) is 9.69 Å².